The highest BCUT2D eigenvalue weighted by atomic mass is 16.6. The van der Waals surface area contributed by atoms with E-state index in [-0.39, 0.29) is 6.61 Å². The minimum absolute atomic E-state index is 0.244. The summed E-state index contributed by atoms with van der Waals surface area (Å²) in [7, 11) is 0. The van der Waals surface area contributed by atoms with Gasteiger partial charge < -0.3 is 30.9 Å². The van der Waals surface area contributed by atoms with Gasteiger partial charge in [0, 0.05) is 0 Å². The Labute approximate surface area is 69.2 Å². The summed E-state index contributed by atoms with van der Waals surface area (Å²) in [6, 6.07) is -1.20. The predicted octanol–water partition coefficient (Wildman–Crippen LogP) is -3.25. The van der Waals surface area contributed by atoms with Crippen LogP contribution in [0.1, 0.15) is 0 Å². The van der Waals surface area contributed by atoms with Crippen molar-refractivity contribution in [2.24, 2.45) is 5.73 Å². The van der Waals surface area contributed by atoms with Crippen LogP contribution >= 0.6 is 0 Å². The molecular weight excluding hydrogens is 166 g/mol. The minimum Gasteiger partial charge on any atom is -0.391 e. The van der Waals surface area contributed by atoms with Gasteiger partial charge in [-0.1, -0.05) is 0 Å². The molecule has 6 nitrogen and oxygen atoms in total. The highest BCUT2D eigenvalue weighted by molar-refractivity contribution is 4.94. The van der Waals surface area contributed by atoms with Gasteiger partial charge in [0.2, 0.25) is 5.79 Å². The van der Waals surface area contributed by atoms with Gasteiger partial charge in [0.1, 0.15) is 12.2 Å². The van der Waals surface area contributed by atoms with Crippen molar-refractivity contribution in [3.63, 3.8) is 0 Å². The molecular formula is C6H13NO5. The molecule has 0 aromatic heterocycles. The summed E-state index contributed by atoms with van der Waals surface area (Å²) >= 11 is 0. The Bertz CT molecular complexity index is 166. The minimum atomic E-state index is -1.95. The van der Waals surface area contributed by atoms with Gasteiger partial charge in [0.05, 0.1) is 19.3 Å². The van der Waals surface area contributed by atoms with Crippen molar-refractivity contribution in [2.75, 3.05) is 13.2 Å². The summed E-state index contributed by atoms with van der Waals surface area (Å²) in [6.45, 7) is -0.954. The Hall–Kier alpha value is -0.240. The fourth-order valence-corrected chi connectivity index (χ4v) is 1.08. The first-order chi connectivity index (χ1) is 5.51. The van der Waals surface area contributed by atoms with E-state index in [1.165, 1.54) is 0 Å². The van der Waals surface area contributed by atoms with Crippen molar-refractivity contribution < 1.29 is 25.2 Å². The van der Waals surface area contributed by atoms with Gasteiger partial charge in [-0.2, -0.15) is 0 Å². The zero-order chi connectivity index (χ0) is 9.35. The standard InChI is InChI=1S/C6H13NO5/c7-5-4(10)3(9)1-12-6(5,11)2-8/h3-5,8-11H,1-2,7H2/t3-,4-,5+,6+/m1/s1. The summed E-state index contributed by atoms with van der Waals surface area (Å²) in [4.78, 5) is 0. The van der Waals surface area contributed by atoms with E-state index in [9.17, 15) is 10.2 Å². The Balaban J connectivity index is 2.71. The van der Waals surface area contributed by atoms with Gasteiger partial charge >= 0.3 is 0 Å². The number of rotatable bonds is 1. The lowest BCUT2D eigenvalue weighted by Gasteiger charge is -2.41. The first-order valence-corrected chi connectivity index (χ1v) is 3.60. The molecule has 1 rings (SSSR count). The monoisotopic (exact) mass is 179 g/mol. The summed E-state index contributed by atoms with van der Waals surface area (Å²) in [5.74, 6) is -1.95. The van der Waals surface area contributed by atoms with E-state index in [0.717, 1.165) is 0 Å². The number of aliphatic hydroxyl groups is 4. The van der Waals surface area contributed by atoms with Crippen molar-refractivity contribution in [2.45, 2.75) is 24.0 Å². The van der Waals surface area contributed by atoms with E-state index in [1.807, 2.05) is 0 Å². The Morgan fingerprint density at radius 3 is 2.58 bits per heavy atom. The van der Waals surface area contributed by atoms with Crippen molar-refractivity contribution in [1.82, 2.24) is 0 Å². The Morgan fingerprint density at radius 2 is 2.08 bits per heavy atom. The number of hydrogen-bond acceptors (Lipinski definition) is 6. The molecule has 0 saturated carbocycles. The van der Waals surface area contributed by atoms with Crippen LogP contribution in [0.5, 0.6) is 0 Å². The van der Waals surface area contributed by atoms with E-state index < -0.39 is 30.6 Å². The topological polar surface area (TPSA) is 116 Å². The van der Waals surface area contributed by atoms with Crippen molar-refractivity contribution in [3.8, 4) is 0 Å². The largest absolute Gasteiger partial charge is 0.391 e. The summed E-state index contributed by atoms with van der Waals surface area (Å²) in [5, 5.41) is 36.3. The lowest BCUT2D eigenvalue weighted by molar-refractivity contribution is -0.292. The van der Waals surface area contributed by atoms with Crippen LogP contribution in [0.2, 0.25) is 0 Å². The third-order valence-electron chi connectivity index (χ3n) is 2.01. The quantitative estimate of drug-likeness (QED) is 0.288. The van der Waals surface area contributed by atoms with E-state index in [4.69, 9.17) is 15.9 Å². The average molecular weight is 179 g/mol. The Kier molecular flexibility index (Phi) is 2.67. The molecule has 1 fully saturated rings. The molecule has 6 N–H and O–H groups in total. The number of hydrogen-bond donors (Lipinski definition) is 5. The molecule has 6 heteroatoms. The van der Waals surface area contributed by atoms with Gasteiger partial charge in [0.15, 0.2) is 0 Å². The van der Waals surface area contributed by atoms with Gasteiger partial charge in [-0.3, -0.25) is 0 Å². The van der Waals surface area contributed by atoms with Crippen LogP contribution in [0.25, 0.3) is 0 Å². The normalized spacial score (nSPS) is 49.2. The van der Waals surface area contributed by atoms with Gasteiger partial charge in [-0.05, 0) is 0 Å². The van der Waals surface area contributed by atoms with Gasteiger partial charge in [-0.25, -0.2) is 0 Å². The summed E-state index contributed by atoms with van der Waals surface area (Å²) in [5.41, 5.74) is 5.31. The number of nitrogens with two attached hydrogens (primary N) is 1. The molecule has 1 aliphatic rings. The maximum Gasteiger partial charge on any atom is 0.207 e. The maximum atomic E-state index is 9.37. The van der Waals surface area contributed by atoms with Gasteiger partial charge in [-0.15, -0.1) is 0 Å². The van der Waals surface area contributed by atoms with E-state index in [2.05, 4.69) is 4.74 Å². The highest BCUT2D eigenvalue weighted by Gasteiger charge is 2.46. The lowest BCUT2D eigenvalue weighted by Crippen LogP contribution is -2.66. The molecule has 0 aromatic rings. The second kappa shape index (κ2) is 3.25. The third kappa shape index (κ3) is 1.45. The van der Waals surface area contributed by atoms with Crippen LogP contribution in [-0.4, -0.2) is 57.7 Å². The van der Waals surface area contributed by atoms with Crippen molar-refractivity contribution >= 4 is 0 Å². The van der Waals surface area contributed by atoms with Gasteiger partial charge in [0.25, 0.3) is 0 Å². The van der Waals surface area contributed by atoms with Crippen LogP contribution in [0.4, 0.5) is 0 Å². The van der Waals surface area contributed by atoms with E-state index >= 15 is 0 Å². The fourth-order valence-electron chi connectivity index (χ4n) is 1.08. The zero-order valence-electron chi connectivity index (χ0n) is 6.42. The van der Waals surface area contributed by atoms with Crippen LogP contribution in [0.3, 0.4) is 0 Å². The summed E-state index contributed by atoms with van der Waals surface area (Å²) in [6.07, 6.45) is -2.40. The van der Waals surface area contributed by atoms with Crippen LogP contribution in [0.15, 0.2) is 0 Å². The average Bonchev–Trinajstić information content (AvgIpc) is 2.09. The van der Waals surface area contributed by atoms with Crippen LogP contribution < -0.4 is 5.73 Å². The molecule has 4 atom stereocenters. The molecule has 1 aliphatic heterocycles. The second-order valence-corrected chi connectivity index (χ2v) is 2.90. The van der Waals surface area contributed by atoms with Crippen molar-refractivity contribution in [3.05, 3.63) is 0 Å². The lowest BCUT2D eigenvalue weighted by atomic mass is 9.95. The molecule has 0 unspecified atom stereocenters. The van der Waals surface area contributed by atoms with Crippen molar-refractivity contribution in [1.29, 1.82) is 0 Å². The first-order valence-electron chi connectivity index (χ1n) is 3.60. The number of aliphatic hydroxyl groups excluding tert-OH is 3. The molecule has 0 aromatic carbocycles. The molecule has 12 heavy (non-hydrogen) atoms. The first kappa shape index (κ1) is 9.85. The third-order valence-corrected chi connectivity index (χ3v) is 2.01. The van der Waals surface area contributed by atoms with Crippen LogP contribution in [0, 0.1) is 0 Å². The van der Waals surface area contributed by atoms with Crippen LogP contribution in [-0.2, 0) is 4.74 Å². The number of ether oxygens (including phenoxy) is 1. The molecule has 0 bridgehead atoms. The Morgan fingerprint density at radius 1 is 1.50 bits per heavy atom. The smallest absolute Gasteiger partial charge is 0.207 e. The molecule has 0 amide bonds. The van der Waals surface area contributed by atoms with E-state index in [1.54, 1.807) is 0 Å². The molecule has 72 valence electrons. The SMILES string of the molecule is N[C@H]1[C@H](O)[C@H](O)CO[C@@]1(O)CO. The highest BCUT2D eigenvalue weighted by Crippen LogP contribution is 2.21. The molecule has 1 saturated heterocycles. The molecule has 0 radical (unpaired) electrons. The molecule has 0 spiro atoms. The van der Waals surface area contributed by atoms with E-state index in [0.29, 0.717) is 0 Å². The fraction of sp³-hybridized carbons (Fsp3) is 1.00. The maximum absolute atomic E-state index is 9.37. The molecule has 0 aliphatic carbocycles. The second-order valence-electron chi connectivity index (χ2n) is 2.90. The zero-order valence-corrected chi connectivity index (χ0v) is 6.42. The summed E-state index contributed by atoms with van der Waals surface area (Å²) < 4.78 is 4.68. The predicted molar refractivity (Wildman–Crippen MR) is 38.0 cm³/mol. The molecule has 1 heterocycles.